The van der Waals surface area contributed by atoms with Crippen LogP contribution in [0.4, 0.5) is 0 Å². The van der Waals surface area contributed by atoms with Crippen LogP contribution < -0.4 is 0 Å². The molecule has 0 saturated carbocycles. The van der Waals surface area contributed by atoms with Gasteiger partial charge in [-0.25, -0.2) is 0 Å². The normalized spacial score (nSPS) is 19.4. The highest BCUT2D eigenvalue weighted by molar-refractivity contribution is 7.99. The third-order valence-corrected chi connectivity index (χ3v) is 3.88. The Bertz CT molecular complexity index is 143. The number of likely N-dealkylation sites (tertiary alicyclic amines) is 1. The van der Waals surface area contributed by atoms with E-state index in [2.05, 4.69) is 35.7 Å². The zero-order valence-electron chi connectivity index (χ0n) is 10.4. The van der Waals surface area contributed by atoms with Gasteiger partial charge in [0.25, 0.3) is 0 Å². The van der Waals surface area contributed by atoms with Gasteiger partial charge >= 0.3 is 0 Å². The lowest BCUT2D eigenvalue weighted by atomic mass is 10.2. The van der Waals surface area contributed by atoms with Crippen molar-refractivity contribution in [3.63, 3.8) is 0 Å². The molecule has 2 nitrogen and oxygen atoms in total. The summed E-state index contributed by atoms with van der Waals surface area (Å²) >= 11 is 2.10. The summed E-state index contributed by atoms with van der Waals surface area (Å²) in [5, 5.41) is 0. The molecule has 0 aromatic rings. The fourth-order valence-corrected chi connectivity index (χ4v) is 2.99. The van der Waals surface area contributed by atoms with E-state index in [1.54, 1.807) is 0 Å². The van der Waals surface area contributed by atoms with Gasteiger partial charge in [0.15, 0.2) is 0 Å². The highest BCUT2D eigenvalue weighted by Gasteiger charge is 2.07. The van der Waals surface area contributed by atoms with Crippen LogP contribution in [-0.2, 0) is 0 Å². The van der Waals surface area contributed by atoms with Crippen molar-refractivity contribution >= 4 is 11.8 Å². The second-order valence-corrected chi connectivity index (χ2v) is 5.90. The summed E-state index contributed by atoms with van der Waals surface area (Å²) in [5.74, 6) is 2.59. The molecule has 0 N–H and O–H groups in total. The predicted octanol–water partition coefficient (Wildman–Crippen LogP) is 2.16. The predicted molar refractivity (Wildman–Crippen MR) is 70.8 cm³/mol. The summed E-state index contributed by atoms with van der Waals surface area (Å²) in [5.41, 5.74) is 0. The lowest BCUT2D eigenvalue weighted by molar-refractivity contribution is 0.303. The average molecular weight is 230 g/mol. The van der Waals surface area contributed by atoms with Gasteiger partial charge in [0.05, 0.1) is 0 Å². The average Bonchev–Trinajstić information content (AvgIpc) is 2.45. The van der Waals surface area contributed by atoms with E-state index in [1.807, 2.05) is 0 Å². The fourth-order valence-electron chi connectivity index (χ4n) is 1.90. The third kappa shape index (κ3) is 7.20. The van der Waals surface area contributed by atoms with E-state index in [9.17, 15) is 0 Å². The lowest BCUT2D eigenvalue weighted by Gasteiger charge is -2.19. The lowest BCUT2D eigenvalue weighted by Crippen LogP contribution is -2.27. The van der Waals surface area contributed by atoms with E-state index in [0.717, 1.165) is 0 Å². The molecule has 15 heavy (non-hydrogen) atoms. The van der Waals surface area contributed by atoms with Gasteiger partial charge in [-0.1, -0.05) is 12.8 Å². The molecule has 0 amide bonds. The van der Waals surface area contributed by atoms with Crippen molar-refractivity contribution in [1.29, 1.82) is 0 Å². The van der Waals surface area contributed by atoms with Crippen LogP contribution in [0.3, 0.4) is 0 Å². The smallest absolute Gasteiger partial charge is 0.00723 e. The van der Waals surface area contributed by atoms with Crippen molar-refractivity contribution in [1.82, 2.24) is 9.80 Å². The zero-order valence-corrected chi connectivity index (χ0v) is 11.2. The number of nitrogens with zero attached hydrogens (tertiary/aromatic N) is 2. The van der Waals surface area contributed by atoms with Gasteiger partial charge in [-0.05, 0) is 40.0 Å². The van der Waals surface area contributed by atoms with Crippen LogP contribution in [0.25, 0.3) is 0 Å². The molecule has 1 saturated heterocycles. The second-order valence-electron chi connectivity index (χ2n) is 4.67. The standard InChI is InChI=1S/C12H26N2S/c1-13(2)9-11-15-12-10-14-7-5-3-4-6-8-14/h3-12H2,1-2H3. The van der Waals surface area contributed by atoms with Gasteiger partial charge in [0, 0.05) is 24.6 Å². The summed E-state index contributed by atoms with van der Waals surface area (Å²) in [6, 6.07) is 0. The second kappa shape index (κ2) is 8.43. The van der Waals surface area contributed by atoms with Crippen LogP contribution in [0.15, 0.2) is 0 Å². The summed E-state index contributed by atoms with van der Waals surface area (Å²) < 4.78 is 0. The van der Waals surface area contributed by atoms with Crippen LogP contribution in [0.1, 0.15) is 25.7 Å². The van der Waals surface area contributed by atoms with Crippen molar-refractivity contribution in [2.24, 2.45) is 0 Å². The van der Waals surface area contributed by atoms with Crippen LogP contribution >= 0.6 is 11.8 Å². The molecule has 90 valence electrons. The maximum atomic E-state index is 2.65. The Labute approximate surface area is 99.4 Å². The number of rotatable bonds is 6. The molecular formula is C12H26N2S. The van der Waals surface area contributed by atoms with Gasteiger partial charge in [0.2, 0.25) is 0 Å². The monoisotopic (exact) mass is 230 g/mol. The van der Waals surface area contributed by atoms with Gasteiger partial charge in [-0.2, -0.15) is 11.8 Å². The largest absolute Gasteiger partial charge is 0.309 e. The first kappa shape index (κ1) is 13.3. The molecule has 0 aromatic heterocycles. The van der Waals surface area contributed by atoms with Crippen LogP contribution in [0, 0.1) is 0 Å². The molecule has 0 bridgehead atoms. The van der Waals surface area contributed by atoms with E-state index in [-0.39, 0.29) is 0 Å². The minimum absolute atomic E-state index is 1.21. The van der Waals surface area contributed by atoms with E-state index >= 15 is 0 Å². The molecule has 0 atom stereocenters. The van der Waals surface area contributed by atoms with Crippen molar-refractivity contribution < 1.29 is 0 Å². The van der Waals surface area contributed by atoms with Crippen molar-refractivity contribution in [3.8, 4) is 0 Å². The fraction of sp³-hybridized carbons (Fsp3) is 1.00. The quantitative estimate of drug-likeness (QED) is 0.646. The van der Waals surface area contributed by atoms with Crippen LogP contribution in [0.5, 0.6) is 0 Å². The van der Waals surface area contributed by atoms with Crippen molar-refractivity contribution in [3.05, 3.63) is 0 Å². The first-order valence-corrected chi connectivity index (χ1v) is 7.39. The Kier molecular flexibility index (Phi) is 7.49. The summed E-state index contributed by atoms with van der Waals surface area (Å²) in [4.78, 5) is 4.91. The Morgan fingerprint density at radius 2 is 1.67 bits per heavy atom. The Morgan fingerprint density at radius 1 is 1.00 bits per heavy atom. The number of hydrogen-bond acceptors (Lipinski definition) is 3. The molecule has 1 rings (SSSR count). The van der Waals surface area contributed by atoms with Crippen LogP contribution in [0.2, 0.25) is 0 Å². The number of hydrogen-bond donors (Lipinski definition) is 0. The minimum atomic E-state index is 1.21. The molecule has 1 aliphatic heterocycles. The molecule has 0 aromatic carbocycles. The molecule has 0 radical (unpaired) electrons. The highest BCUT2D eigenvalue weighted by Crippen LogP contribution is 2.10. The highest BCUT2D eigenvalue weighted by atomic mass is 32.2. The Morgan fingerprint density at radius 3 is 2.27 bits per heavy atom. The van der Waals surface area contributed by atoms with Gasteiger partial charge in [0.1, 0.15) is 0 Å². The Hall–Kier alpha value is 0.270. The first-order valence-electron chi connectivity index (χ1n) is 6.24. The van der Waals surface area contributed by atoms with Crippen molar-refractivity contribution in [2.45, 2.75) is 25.7 Å². The molecule has 1 heterocycles. The first-order chi connectivity index (χ1) is 7.29. The number of thioether (sulfide) groups is 1. The van der Waals surface area contributed by atoms with E-state index in [4.69, 9.17) is 0 Å². The maximum Gasteiger partial charge on any atom is 0.00723 e. The molecule has 1 aliphatic rings. The maximum absolute atomic E-state index is 2.65. The van der Waals surface area contributed by atoms with Gasteiger partial charge < -0.3 is 9.80 Å². The van der Waals surface area contributed by atoms with Gasteiger partial charge in [-0.3, -0.25) is 0 Å². The molecular weight excluding hydrogens is 204 g/mol. The van der Waals surface area contributed by atoms with Crippen molar-refractivity contribution in [2.75, 3.05) is 51.8 Å². The van der Waals surface area contributed by atoms with E-state index < -0.39 is 0 Å². The van der Waals surface area contributed by atoms with E-state index in [0.29, 0.717) is 0 Å². The Balaban J connectivity index is 1.94. The molecule has 1 fully saturated rings. The molecule has 0 unspecified atom stereocenters. The summed E-state index contributed by atoms with van der Waals surface area (Å²) in [7, 11) is 4.30. The summed E-state index contributed by atoms with van der Waals surface area (Å²) in [6.45, 7) is 5.20. The van der Waals surface area contributed by atoms with E-state index in [1.165, 1.54) is 63.4 Å². The SMILES string of the molecule is CN(C)CCSCCN1CCCCCC1. The summed E-state index contributed by atoms with van der Waals surface area (Å²) in [6.07, 6.45) is 5.74. The molecule has 3 heteroatoms. The van der Waals surface area contributed by atoms with Gasteiger partial charge in [-0.15, -0.1) is 0 Å². The molecule has 0 spiro atoms. The minimum Gasteiger partial charge on any atom is -0.309 e. The zero-order chi connectivity index (χ0) is 10.9. The topological polar surface area (TPSA) is 6.48 Å². The third-order valence-electron chi connectivity index (χ3n) is 2.93. The van der Waals surface area contributed by atoms with Crippen LogP contribution in [-0.4, -0.2) is 61.6 Å². The molecule has 0 aliphatic carbocycles.